The summed E-state index contributed by atoms with van der Waals surface area (Å²) in [6, 6.07) is 0. The van der Waals surface area contributed by atoms with Crippen LogP contribution in [0.15, 0.2) is 11.1 Å². The highest BCUT2D eigenvalue weighted by Gasteiger charge is 2.18. The normalized spacial score (nSPS) is 11.8. The molecule has 0 atom stereocenters. The third-order valence-electron chi connectivity index (χ3n) is 2.82. The number of carbonyl (C=O) groups is 2. The Morgan fingerprint density at radius 3 is 1.74 bits per heavy atom. The summed E-state index contributed by atoms with van der Waals surface area (Å²) in [4.78, 5) is 23.6. The van der Waals surface area contributed by atoms with Crippen LogP contribution in [0.3, 0.4) is 0 Å². The smallest absolute Gasteiger partial charge is 0.334 e. The lowest BCUT2D eigenvalue weighted by Gasteiger charge is -2.10. The van der Waals surface area contributed by atoms with Crippen LogP contribution >= 0.6 is 0 Å². The molecule has 0 spiro atoms. The van der Waals surface area contributed by atoms with E-state index in [1.54, 1.807) is 6.92 Å². The summed E-state index contributed by atoms with van der Waals surface area (Å²) in [5.41, 5.74) is 0.776. The minimum atomic E-state index is -0.419. The molecule has 4 nitrogen and oxygen atoms in total. The van der Waals surface area contributed by atoms with Crippen molar-refractivity contribution in [2.24, 2.45) is 0 Å². The van der Waals surface area contributed by atoms with Gasteiger partial charge < -0.3 is 9.47 Å². The molecule has 0 N–H and O–H groups in total. The molecule has 0 amide bonds. The highest BCUT2D eigenvalue weighted by molar-refractivity contribution is 5.99. The molecule has 0 aromatic rings. The standard InChI is InChI=1S/C15H26O4/c1-5-8-10-18-14(16)12(4)13(7-3)15(17)19-11-9-6-2/h5-11H2,1-4H3. The minimum Gasteiger partial charge on any atom is -0.462 e. The summed E-state index contributed by atoms with van der Waals surface area (Å²) in [6.07, 6.45) is 4.08. The summed E-state index contributed by atoms with van der Waals surface area (Å²) < 4.78 is 10.2. The van der Waals surface area contributed by atoms with Crippen molar-refractivity contribution in [3.05, 3.63) is 11.1 Å². The first-order valence-electron chi connectivity index (χ1n) is 7.12. The van der Waals surface area contributed by atoms with Crippen LogP contribution in [0, 0.1) is 0 Å². The van der Waals surface area contributed by atoms with Crippen molar-refractivity contribution >= 4 is 11.9 Å². The first-order valence-corrected chi connectivity index (χ1v) is 7.12. The maximum Gasteiger partial charge on any atom is 0.334 e. The molecule has 0 bridgehead atoms. The van der Waals surface area contributed by atoms with Crippen LogP contribution in [0.5, 0.6) is 0 Å². The Hall–Kier alpha value is -1.32. The lowest BCUT2D eigenvalue weighted by molar-refractivity contribution is -0.142. The molecular weight excluding hydrogens is 244 g/mol. The van der Waals surface area contributed by atoms with Gasteiger partial charge in [0, 0.05) is 11.1 Å². The molecule has 4 heteroatoms. The zero-order valence-electron chi connectivity index (χ0n) is 12.6. The highest BCUT2D eigenvalue weighted by Crippen LogP contribution is 2.13. The molecule has 0 aliphatic carbocycles. The number of ether oxygens (including phenoxy) is 2. The van der Waals surface area contributed by atoms with Crippen LogP contribution in [0.4, 0.5) is 0 Å². The molecule has 110 valence electrons. The largest absolute Gasteiger partial charge is 0.462 e. The number of esters is 2. The summed E-state index contributed by atoms with van der Waals surface area (Å²) in [6.45, 7) is 8.30. The third-order valence-corrected chi connectivity index (χ3v) is 2.82. The van der Waals surface area contributed by atoms with E-state index in [2.05, 4.69) is 0 Å². The van der Waals surface area contributed by atoms with Crippen molar-refractivity contribution in [2.45, 2.75) is 59.8 Å². The topological polar surface area (TPSA) is 52.6 Å². The molecule has 0 fully saturated rings. The van der Waals surface area contributed by atoms with Gasteiger partial charge in [-0.2, -0.15) is 0 Å². The molecule has 0 rings (SSSR count). The van der Waals surface area contributed by atoms with Gasteiger partial charge >= 0.3 is 11.9 Å². The first kappa shape index (κ1) is 17.7. The second kappa shape index (κ2) is 10.6. The Balaban J connectivity index is 4.54. The van der Waals surface area contributed by atoms with Crippen molar-refractivity contribution in [1.82, 2.24) is 0 Å². The van der Waals surface area contributed by atoms with Crippen LogP contribution in [-0.4, -0.2) is 25.2 Å². The maximum atomic E-state index is 11.8. The van der Waals surface area contributed by atoms with Crippen LogP contribution in [0.25, 0.3) is 0 Å². The molecule has 0 aliphatic heterocycles. The Labute approximate surface area is 116 Å². The molecule has 0 aromatic carbocycles. The van der Waals surface area contributed by atoms with Gasteiger partial charge in [-0.25, -0.2) is 9.59 Å². The Kier molecular flexibility index (Phi) is 9.85. The van der Waals surface area contributed by atoms with Gasteiger partial charge in [0.2, 0.25) is 0 Å². The van der Waals surface area contributed by atoms with E-state index in [0.717, 1.165) is 25.7 Å². The molecule has 0 aliphatic rings. The zero-order chi connectivity index (χ0) is 14.7. The lowest BCUT2D eigenvalue weighted by Crippen LogP contribution is -2.15. The average Bonchev–Trinajstić information content (AvgIpc) is 2.39. The molecule has 0 radical (unpaired) electrons. The number of unbranched alkanes of at least 4 members (excludes halogenated alkanes) is 2. The quantitative estimate of drug-likeness (QED) is 0.366. The van der Waals surface area contributed by atoms with Gasteiger partial charge in [-0.05, 0) is 26.2 Å². The average molecular weight is 270 g/mol. The number of hydrogen-bond acceptors (Lipinski definition) is 4. The number of rotatable bonds is 9. The number of carbonyl (C=O) groups excluding carboxylic acids is 2. The van der Waals surface area contributed by atoms with Crippen LogP contribution < -0.4 is 0 Å². The highest BCUT2D eigenvalue weighted by atomic mass is 16.5. The first-order chi connectivity index (χ1) is 9.08. The van der Waals surface area contributed by atoms with Crippen molar-refractivity contribution in [1.29, 1.82) is 0 Å². The Morgan fingerprint density at radius 2 is 1.32 bits per heavy atom. The zero-order valence-corrected chi connectivity index (χ0v) is 12.6. The predicted octanol–water partition coefficient (Wildman–Crippen LogP) is 3.40. The molecular formula is C15H26O4. The van der Waals surface area contributed by atoms with E-state index in [0.29, 0.717) is 30.8 Å². The third kappa shape index (κ3) is 6.99. The molecule has 0 saturated carbocycles. The SMILES string of the molecule is CCCCOC(=O)C(C)=C(CC)C(=O)OCCCC. The summed E-state index contributed by atoms with van der Waals surface area (Å²) >= 11 is 0. The Bertz CT molecular complexity index is 318. The Morgan fingerprint density at radius 1 is 0.842 bits per heavy atom. The summed E-state index contributed by atoms with van der Waals surface area (Å²) in [5, 5.41) is 0. The molecule has 0 heterocycles. The van der Waals surface area contributed by atoms with Crippen molar-refractivity contribution < 1.29 is 19.1 Å². The summed E-state index contributed by atoms with van der Waals surface area (Å²) in [7, 11) is 0. The van der Waals surface area contributed by atoms with Gasteiger partial charge in [-0.1, -0.05) is 33.6 Å². The van der Waals surface area contributed by atoms with Crippen LogP contribution in [0.1, 0.15) is 59.8 Å². The number of hydrogen-bond donors (Lipinski definition) is 0. The fourth-order valence-corrected chi connectivity index (χ4v) is 1.50. The van der Waals surface area contributed by atoms with Gasteiger partial charge in [-0.3, -0.25) is 0 Å². The van der Waals surface area contributed by atoms with Crippen molar-refractivity contribution in [2.75, 3.05) is 13.2 Å². The van der Waals surface area contributed by atoms with E-state index in [1.165, 1.54) is 0 Å². The van der Waals surface area contributed by atoms with Gasteiger partial charge in [0.05, 0.1) is 13.2 Å². The van der Waals surface area contributed by atoms with Crippen molar-refractivity contribution in [3.63, 3.8) is 0 Å². The molecule has 0 saturated heterocycles. The van der Waals surface area contributed by atoms with Crippen LogP contribution in [-0.2, 0) is 19.1 Å². The van der Waals surface area contributed by atoms with E-state index >= 15 is 0 Å². The molecule has 0 unspecified atom stereocenters. The van der Waals surface area contributed by atoms with E-state index in [4.69, 9.17) is 9.47 Å². The molecule has 0 aromatic heterocycles. The van der Waals surface area contributed by atoms with E-state index in [1.807, 2.05) is 20.8 Å². The second-order valence-corrected chi connectivity index (χ2v) is 4.44. The van der Waals surface area contributed by atoms with Gasteiger partial charge in [0.1, 0.15) is 0 Å². The monoisotopic (exact) mass is 270 g/mol. The second-order valence-electron chi connectivity index (χ2n) is 4.44. The van der Waals surface area contributed by atoms with Gasteiger partial charge in [-0.15, -0.1) is 0 Å². The lowest BCUT2D eigenvalue weighted by atomic mass is 10.1. The minimum absolute atomic E-state index is 0.361. The molecule has 19 heavy (non-hydrogen) atoms. The van der Waals surface area contributed by atoms with Crippen LogP contribution in [0.2, 0.25) is 0 Å². The van der Waals surface area contributed by atoms with E-state index in [-0.39, 0.29) is 0 Å². The van der Waals surface area contributed by atoms with Crippen molar-refractivity contribution in [3.8, 4) is 0 Å². The van der Waals surface area contributed by atoms with E-state index < -0.39 is 11.9 Å². The predicted molar refractivity (Wildman–Crippen MR) is 74.7 cm³/mol. The fraction of sp³-hybridized carbons (Fsp3) is 0.733. The van der Waals surface area contributed by atoms with E-state index in [9.17, 15) is 9.59 Å². The fourth-order valence-electron chi connectivity index (χ4n) is 1.50. The maximum absolute atomic E-state index is 11.8. The van der Waals surface area contributed by atoms with Gasteiger partial charge in [0.15, 0.2) is 0 Å². The summed E-state index contributed by atoms with van der Waals surface area (Å²) in [5.74, 6) is -0.821. The van der Waals surface area contributed by atoms with Gasteiger partial charge in [0.25, 0.3) is 0 Å².